The lowest BCUT2D eigenvalue weighted by Crippen LogP contribution is -2.03. The van der Waals surface area contributed by atoms with Gasteiger partial charge in [0.15, 0.2) is 0 Å². The largest absolute Gasteiger partial charge is 0.386 e. The number of aromatic nitrogens is 2. The van der Waals surface area contributed by atoms with Crippen LogP contribution in [0.5, 0.6) is 0 Å². The highest BCUT2D eigenvalue weighted by atomic mass is 35.5. The highest BCUT2D eigenvalue weighted by molar-refractivity contribution is 6.29. The van der Waals surface area contributed by atoms with Crippen LogP contribution in [0.4, 0.5) is 18.9 Å². The maximum Gasteiger partial charge on any atom is 0.235 e. The van der Waals surface area contributed by atoms with Crippen molar-refractivity contribution < 1.29 is 22.8 Å². The first kappa shape index (κ1) is 25.8. The number of anilines is 1. The smallest absolute Gasteiger partial charge is 0.235 e. The Morgan fingerprint density at radius 1 is 1.19 bits per heavy atom. The van der Waals surface area contributed by atoms with Crippen molar-refractivity contribution in [2.45, 2.75) is 26.7 Å². The third-order valence-corrected chi connectivity index (χ3v) is 2.76. The Labute approximate surface area is 155 Å². The van der Waals surface area contributed by atoms with Crippen molar-refractivity contribution in [2.24, 2.45) is 0 Å². The maximum absolute atomic E-state index is 13.6. The van der Waals surface area contributed by atoms with Gasteiger partial charge in [0.25, 0.3) is 0 Å². The molecule has 2 aromatic rings. The number of para-hydroxylation sites is 1. The summed E-state index contributed by atoms with van der Waals surface area (Å²) in [6.07, 6.45) is -1.73. The average Bonchev–Trinajstić information content (AvgIpc) is 2.57. The molecule has 1 N–H and O–H groups in total. The van der Waals surface area contributed by atoms with E-state index in [0.29, 0.717) is 23.1 Å². The fraction of sp³-hybridized carbons (Fsp3) is 0.294. The van der Waals surface area contributed by atoms with Crippen molar-refractivity contribution in [1.82, 2.24) is 9.97 Å². The molecular weight excluding hydrogens is 371 g/mol. The van der Waals surface area contributed by atoms with E-state index in [0.717, 1.165) is 18.2 Å². The second kappa shape index (κ2) is 14.8. The van der Waals surface area contributed by atoms with E-state index in [9.17, 15) is 13.2 Å². The van der Waals surface area contributed by atoms with Crippen LogP contribution in [-0.4, -0.2) is 37.0 Å². The van der Waals surface area contributed by atoms with Crippen molar-refractivity contribution in [3.8, 4) is 0 Å². The molecule has 0 fully saturated rings. The molecule has 2 rings (SSSR count). The van der Waals surface area contributed by atoms with Crippen molar-refractivity contribution in [3.63, 3.8) is 0 Å². The second-order valence-corrected chi connectivity index (χ2v) is 4.86. The molecule has 0 atom stereocenters. The summed E-state index contributed by atoms with van der Waals surface area (Å²) < 4.78 is 34.2. The molecule has 0 spiro atoms. The van der Waals surface area contributed by atoms with E-state index in [-0.39, 0.29) is 5.82 Å². The molecule has 0 unspecified atom stereocenters. The summed E-state index contributed by atoms with van der Waals surface area (Å²) >= 11 is 5.88. The first-order valence-electron chi connectivity index (χ1n) is 7.14. The molecule has 1 aromatic carbocycles. The van der Waals surface area contributed by atoms with Crippen LogP contribution in [0.25, 0.3) is 0 Å². The molecule has 26 heavy (non-hydrogen) atoms. The van der Waals surface area contributed by atoms with Crippen molar-refractivity contribution in [3.05, 3.63) is 52.3 Å². The summed E-state index contributed by atoms with van der Waals surface area (Å²) in [6.45, 7) is 6.68. The molecule has 0 aliphatic carbocycles. The molecule has 0 amide bonds. The van der Waals surface area contributed by atoms with Gasteiger partial charge in [-0.3, -0.25) is 0 Å². The van der Waals surface area contributed by atoms with Crippen LogP contribution in [-0.2, 0) is 16.0 Å². The zero-order valence-corrected chi connectivity index (χ0v) is 15.5. The molecule has 0 aliphatic heterocycles. The summed E-state index contributed by atoms with van der Waals surface area (Å²) in [5.41, 5.74) is 2.07. The van der Waals surface area contributed by atoms with Crippen LogP contribution in [0.1, 0.15) is 24.0 Å². The fourth-order valence-corrected chi connectivity index (χ4v) is 2.09. The van der Waals surface area contributed by atoms with E-state index >= 15 is 0 Å². The van der Waals surface area contributed by atoms with E-state index in [1.165, 1.54) is 6.07 Å². The summed E-state index contributed by atoms with van der Waals surface area (Å²) in [7, 11) is 1.69. The Kier molecular flexibility index (Phi) is 14.7. The maximum atomic E-state index is 13.6. The average molecular weight is 392 g/mol. The van der Waals surface area contributed by atoms with Gasteiger partial charge in [-0.2, -0.15) is 0 Å². The molecule has 1 heterocycles. The van der Waals surface area contributed by atoms with Gasteiger partial charge in [0, 0.05) is 19.2 Å². The van der Waals surface area contributed by atoms with E-state index in [2.05, 4.69) is 15.3 Å². The van der Waals surface area contributed by atoms with Crippen molar-refractivity contribution in [1.29, 1.82) is 0 Å². The number of rotatable bonds is 3. The molecule has 0 saturated heterocycles. The number of alkyl halides is 2. The number of nitrogens with zero attached hydrogens (tertiary/aromatic N) is 2. The monoisotopic (exact) mass is 391 g/mol. The zero-order chi connectivity index (χ0) is 20.7. The van der Waals surface area contributed by atoms with Crippen LogP contribution in [0.3, 0.4) is 0 Å². The first-order valence-corrected chi connectivity index (χ1v) is 7.52. The third-order valence-electron chi connectivity index (χ3n) is 2.57. The fourth-order valence-electron chi connectivity index (χ4n) is 1.83. The number of aryl methyl sites for hydroxylation is 1. The van der Waals surface area contributed by atoms with Crippen LogP contribution in [0, 0.1) is 12.7 Å². The lowest BCUT2D eigenvalue weighted by molar-refractivity contribution is -0.0987. The zero-order valence-electron chi connectivity index (χ0n) is 14.7. The van der Waals surface area contributed by atoms with Crippen molar-refractivity contribution in [2.75, 3.05) is 12.4 Å². The standard InChI is InChI=1S/C13H13ClFN3.C2H4F2.2CH2O/c1-8-6-11(14)18-12(17-8)7-9-4-3-5-10(15)13(9)16-2;1-2(3)4;2*1-2/h3-6,16H,7H2,1-2H3;2H,1H3;2*1H2. The van der Waals surface area contributed by atoms with Crippen LogP contribution >= 0.6 is 11.6 Å². The number of benzene rings is 1. The molecule has 0 saturated carbocycles. The SMILES string of the molecule is C=O.C=O.CC(F)F.CNc1c(F)cccc1Cc1nc(C)cc(Cl)n1. The summed E-state index contributed by atoms with van der Waals surface area (Å²) in [6, 6.07) is 6.62. The lowest BCUT2D eigenvalue weighted by atomic mass is 10.1. The van der Waals surface area contributed by atoms with E-state index in [4.69, 9.17) is 21.2 Å². The quantitative estimate of drug-likeness (QED) is 0.797. The Morgan fingerprint density at radius 2 is 1.73 bits per heavy atom. The van der Waals surface area contributed by atoms with Crippen LogP contribution in [0.15, 0.2) is 24.3 Å². The first-order chi connectivity index (χ1) is 12.3. The minimum absolute atomic E-state index is 0.284. The van der Waals surface area contributed by atoms with Gasteiger partial charge in [0.05, 0.1) is 5.69 Å². The van der Waals surface area contributed by atoms with E-state index in [1.54, 1.807) is 19.2 Å². The normalized spacial score (nSPS) is 8.92. The van der Waals surface area contributed by atoms with Gasteiger partial charge in [0.1, 0.15) is 30.4 Å². The number of carbonyl (C=O) groups excluding carboxylic acids is 2. The Morgan fingerprint density at radius 3 is 2.19 bits per heavy atom. The predicted molar refractivity (Wildman–Crippen MR) is 96.5 cm³/mol. The number of hydrogen-bond donors (Lipinski definition) is 1. The topological polar surface area (TPSA) is 72.0 Å². The Bertz CT molecular complexity index is 636. The molecule has 144 valence electrons. The van der Waals surface area contributed by atoms with Gasteiger partial charge in [-0.25, -0.2) is 23.1 Å². The summed E-state index contributed by atoms with van der Waals surface area (Å²) in [5, 5.41) is 3.25. The van der Waals surface area contributed by atoms with Gasteiger partial charge in [0.2, 0.25) is 6.43 Å². The molecular formula is C17H21ClF3N3O2. The molecule has 0 radical (unpaired) electrons. The summed E-state index contributed by atoms with van der Waals surface area (Å²) in [4.78, 5) is 24.4. The predicted octanol–water partition coefficient (Wildman–Crippen LogP) is 4.11. The molecule has 5 nitrogen and oxygen atoms in total. The second-order valence-electron chi connectivity index (χ2n) is 4.47. The minimum atomic E-state index is -2.17. The highest BCUT2D eigenvalue weighted by Gasteiger charge is 2.09. The van der Waals surface area contributed by atoms with Crippen LogP contribution < -0.4 is 5.32 Å². The Balaban J connectivity index is 0. The molecule has 0 bridgehead atoms. The van der Waals surface area contributed by atoms with Gasteiger partial charge in [-0.05, 0) is 31.5 Å². The highest BCUT2D eigenvalue weighted by Crippen LogP contribution is 2.21. The molecule has 1 aromatic heterocycles. The number of hydrogen-bond acceptors (Lipinski definition) is 5. The number of nitrogens with one attached hydrogen (secondary N) is 1. The van der Waals surface area contributed by atoms with Gasteiger partial charge >= 0.3 is 0 Å². The summed E-state index contributed by atoms with van der Waals surface area (Å²) in [5.74, 6) is 0.302. The van der Waals surface area contributed by atoms with Gasteiger partial charge < -0.3 is 14.9 Å². The minimum Gasteiger partial charge on any atom is -0.386 e. The van der Waals surface area contributed by atoms with Crippen LogP contribution in [0.2, 0.25) is 5.15 Å². The third kappa shape index (κ3) is 10.4. The van der Waals surface area contributed by atoms with E-state index in [1.807, 2.05) is 26.6 Å². The number of carbonyl (C=O) groups is 2. The molecule has 9 heteroatoms. The lowest BCUT2D eigenvalue weighted by Gasteiger charge is -2.09. The Hall–Kier alpha value is -2.48. The molecule has 0 aliphatic rings. The van der Waals surface area contributed by atoms with Crippen molar-refractivity contribution >= 4 is 30.9 Å². The van der Waals surface area contributed by atoms with Gasteiger partial charge in [-0.15, -0.1) is 0 Å². The van der Waals surface area contributed by atoms with Gasteiger partial charge in [-0.1, -0.05) is 23.7 Å². The van der Waals surface area contributed by atoms with E-state index < -0.39 is 6.43 Å². The number of halogens is 4.